The summed E-state index contributed by atoms with van der Waals surface area (Å²) in [5.41, 5.74) is 3.54. The Balaban J connectivity index is 2.22. The molecule has 6 nitrogen and oxygen atoms in total. The molecular formula is C16H14ClN3O3. The fourth-order valence-electron chi connectivity index (χ4n) is 1.99. The molecule has 0 spiro atoms. The highest BCUT2D eigenvalue weighted by molar-refractivity contribution is 6.30. The Kier molecular flexibility index (Phi) is 5.43. The van der Waals surface area contributed by atoms with Crippen molar-refractivity contribution in [1.29, 1.82) is 0 Å². The first-order valence-electron chi connectivity index (χ1n) is 6.89. The SMILES string of the molecule is CC/C(=N\NC(=O)c1ccccc1[N+](=O)[O-])c1ccc(Cl)cc1. The minimum Gasteiger partial charge on any atom is -0.267 e. The predicted molar refractivity (Wildman–Crippen MR) is 88.8 cm³/mol. The summed E-state index contributed by atoms with van der Waals surface area (Å²) in [6.07, 6.45) is 0.582. The first-order chi connectivity index (χ1) is 11.0. The maximum Gasteiger partial charge on any atom is 0.282 e. The highest BCUT2D eigenvalue weighted by Gasteiger charge is 2.18. The smallest absolute Gasteiger partial charge is 0.267 e. The van der Waals surface area contributed by atoms with Gasteiger partial charge in [-0.1, -0.05) is 42.8 Å². The number of carbonyl (C=O) groups is 1. The van der Waals surface area contributed by atoms with E-state index in [1.807, 2.05) is 6.92 Å². The van der Waals surface area contributed by atoms with Gasteiger partial charge >= 0.3 is 0 Å². The van der Waals surface area contributed by atoms with Crippen molar-refractivity contribution < 1.29 is 9.72 Å². The molecular weight excluding hydrogens is 318 g/mol. The Morgan fingerprint density at radius 1 is 1.22 bits per heavy atom. The van der Waals surface area contributed by atoms with Gasteiger partial charge in [-0.15, -0.1) is 0 Å². The molecule has 0 atom stereocenters. The van der Waals surface area contributed by atoms with Crippen molar-refractivity contribution in [2.24, 2.45) is 5.10 Å². The number of hydrogen-bond donors (Lipinski definition) is 1. The van der Waals surface area contributed by atoms with Crippen LogP contribution in [0, 0.1) is 10.1 Å². The van der Waals surface area contributed by atoms with Crippen molar-refractivity contribution in [2.75, 3.05) is 0 Å². The molecule has 0 fully saturated rings. The molecule has 0 bridgehead atoms. The van der Waals surface area contributed by atoms with E-state index in [9.17, 15) is 14.9 Å². The van der Waals surface area contributed by atoms with E-state index in [0.29, 0.717) is 17.2 Å². The maximum absolute atomic E-state index is 12.1. The first kappa shape index (κ1) is 16.6. The monoisotopic (exact) mass is 331 g/mol. The number of benzene rings is 2. The molecule has 0 unspecified atom stereocenters. The molecule has 2 rings (SSSR count). The van der Waals surface area contributed by atoms with Crippen LogP contribution in [0.4, 0.5) is 5.69 Å². The van der Waals surface area contributed by atoms with Gasteiger partial charge in [0.25, 0.3) is 11.6 Å². The number of amides is 1. The van der Waals surface area contributed by atoms with E-state index >= 15 is 0 Å². The molecule has 0 aromatic heterocycles. The predicted octanol–water partition coefficient (Wildman–Crippen LogP) is 3.79. The number of nitrogens with zero attached hydrogens (tertiary/aromatic N) is 2. The normalized spacial score (nSPS) is 11.1. The highest BCUT2D eigenvalue weighted by atomic mass is 35.5. The summed E-state index contributed by atoms with van der Waals surface area (Å²) in [4.78, 5) is 22.5. The van der Waals surface area contributed by atoms with Crippen LogP contribution in [0.5, 0.6) is 0 Å². The van der Waals surface area contributed by atoms with Crippen LogP contribution in [0.3, 0.4) is 0 Å². The van der Waals surface area contributed by atoms with E-state index in [4.69, 9.17) is 11.6 Å². The molecule has 1 N–H and O–H groups in total. The lowest BCUT2D eigenvalue weighted by atomic mass is 10.1. The minimum atomic E-state index is -0.628. The van der Waals surface area contributed by atoms with Crippen LogP contribution in [0.15, 0.2) is 53.6 Å². The second kappa shape index (κ2) is 7.51. The lowest BCUT2D eigenvalue weighted by Crippen LogP contribution is -2.21. The van der Waals surface area contributed by atoms with Crippen LogP contribution in [0.1, 0.15) is 29.3 Å². The zero-order valence-electron chi connectivity index (χ0n) is 12.3. The third kappa shape index (κ3) is 4.14. The summed E-state index contributed by atoms with van der Waals surface area (Å²) in [7, 11) is 0. The van der Waals surface area contributed by atoms with E-state index in [1.165, 1.54) is 18.2 Å². The van der Waals surface area contributed by atoms with Crippen molar-refractivity contribution in [3.63, 3.8) is 0 Å². The zero-order valence-corrected chi connectivity index (χ0v) is 13.1. The van der Waals surface area contributed by atoms with Crippen LogP contribution in [-0.2, 0) is 0 Å². The number of hydrazone groups is 1. The summed E-state index contributed by atoms with van der Waals surface area (Å²) in [6, 6.07) is 12.8. The van der Waals surface area contributed by atoms with Gasteiger partial charge in [-0.05, 0) is 30.2 Å². The number of hydrogen-bond acceptors (Lipinski definition) is 4. The number of carbonyl (C=O) groups excluding carboxylic acids is 1. The Bertz CT molecular complexity index is 757. The van der Waals surface area contributed by atoms with Crippen LogP contribution in [0.25, 0.3) is 0 Å². The molecule has 1 amide bonds. The molecule has 118 valence electrons. The molecule has 2 aromatic rings. The fraction of sp³-hybridized carbons (Fsp3) is 0.125. The van der Waals surface area contributed by atoms with E-state index in [2.05, 4.69) is 10.5 Å². The minimum absolute atomic E-state index is 0.0344. The summed E-state index contributed by atoms with van der Waals surface area (Å²) >= 11 is 5.84. The van der Waals surface area contributed by atoms with E-state index < -0.39 is 10.8 Å². The van der Waals surface area contributed by atoms with Gasteiger partial charge in [0.1, 0.15) is 5.56 Å². The molecule has 0 aliphatic heterocycles. The molecule has 0 heterocycles. The van der Waals surface area contributed by atoms with Gasteiger partial charge in [0.15, 0.2) is 0 Å². The van der Waals surface area contributed by atoms with Gasteiger partial charge in [-0.2, -0.15) is 5.10 Å². The van der Waals surface area contributed by atoms with E-state index in [1.54, 1.807) is 30.3 Å². The summed E-state index contributed by atoms with van der Waals surface area (Å²) in [5, 5.41) is 15.6. The quantitative estimate of drug-likeness (QED) is 0.514. The lowest BCUT2D eigenvalue weighted by Gasteiger charge is -2.06. The second-order valence-electron chi connectivity index (χ2n) is 4.63. The van der Waals surface area contributed by atoms with Gasteiger partial charge in [-0.25, -0.2) is 5.43 Å². The van der Waals surface area contributed by atoms with Crippen molar-refractivity contribution >= 4 is 28.9 Å². The van der Waals surface area contributed by atoms with Crippen LogP contribution in [0.2, 0.25) is 5.02 Å². The molecule has 23 heavy (non-hydrogen) atoms. The number of nitrogens with one attached hydrogen (secondary N) is 1. The van der Waals surface area contributed by atoms with E-state index in [-0.39, 0.29) is 11.3 Å². The standard InChI is InChI=1S/C16H14ClN3O3/c1-2-14(11-7-9-12(17)10-8-11)18-19-16(21)13-5-3-4-6-15(13)20(22)23/h3-10H,2H2,1H3,(H,19,21)/b18-14+. The van der Waals surface area contributed by atoms with Crippen molar-refractivity contribution in [2.45, 2.75) is 13.3 Å². The Labute approximate surface area is 137 Å². The van der Waals surface area contributed by atoms with Gasteiger partial charge in [-0.3, -0.25) is 14.9 Å². The molecule has 0 aliphatic rings. The van der Waals surface area contributed by atoms with E-state index in [0.717, 1.165) is 5.56 Å². The third-order valence-electron chi connectivity index (χ3n) is 3.15. The lowest BCUT2D eigenvalue weighted by molar-refractivity contribution is -0.385. The summed E-state index contributed by atoms with van der Waals surface area (Å²) in [6.45, 7) is 1.89. The first-order valence-corrected chi connectivity index (χ1v) is 7.27. The Morgan fingerprint density at radius 3 is 2.48 bits per heavy atom. The van der Waals surface area contributed by atoms with Crippen molar-refractivity contribution in [1.82, 2.24) is 5.43 Å². The number of halogens is 1. The average Bonchev–Trinajstić information content (AvgIpc) is 2.56. The van der Waals surface area contributed by atoms with Crippen LogP contribution >= 0.6 is 11.6 Å². The molecule has 0 saturated carbocycles. The van der Waals surface area contributed by atoms with Gasteiger partial charge in [0.2, 0.25) is 0 Å². The number of rotatable bonds is 5. The number of para-hydroxylation sites is 1. The molecule has 0 radical (unpaired) electrons. The maximum atomic E-state index is 12.1. The van der Waals surface area contributed by atoms with Crippen molar-refractivity contribution in [3.8, 4) is 0 Å². The average molecular weight is 332 g/mol. The van der Waals surface area contributed by atoms with Gasteiger partial charge < -0.3 is 0 Å². The molecule has 2 aromatic carbocycles. The zero-order chi connectivity index (χ0) is 16.8. The largest absolute Gasteiger partial charge is 0.282 e. The highest BCUT2D eigenvalue weighted by Crippen LogP contribution is 2.17. The van der Waals surface area contributed by atoms with Crippen molar-refractivity contribution in [3.05, 3.63) is 74.8 Å². The van der Waals surface area contributed by atoms with Crippen LogP contribution in [-0.4, -0.2) is 16.5 Å². The third-order valence-corrected chi connectivity index (χ3v) is 3.40. The Hall–Kier alpha value is -2.73. The van der Waals surface area contributed by atoms with Gasteiger partial charge in [0.05, 0.1) is 10.6 Å². The summed E-state index contributed by atoms with van der Waals surface area (Å²) in [5.74, 6) is -0.628. The number of nitro benzene ring substituents is 1. The number of nitro groups is 1. The van der Waals surface area contributed by atoms with Gasteiger partial charge in [0, 0.05) is 11.1 Å². The Morgan fingerprint density at radius 2 is 1.87 bits per heavy atom. The molecule has 0 aliphatic carbocycles. The van der Waals surface area contributed by atoms with Crippen LogP contribution < -0.4 is 5.43 Å². The summed E-state index contributed by atoms with van der Waals surface area (Å²) < 4.78 is 0. The fourth-order valence-corrected chi connectivity index (χ4v) is 2.12. The molecule has 0 saturated heterocycles. The molecule has 7 heteroatoms. The topological polar surface area (TPSA) is 84.6 Å². The second-order valence-corrected chi connectivity index (χ2v) is 5.07.